The van der Waals surface area contributed by atoms with Crippen LogP contribution < -0.4 is 5.32 Å². The van der Waals surface area contributed by atoms with E-state index in [9.17, 15) is 4.79 Å². The van der Waals surface area contributed by atoms with Crippen molar-refractivity contribution in [2.45, 2.75) is 13.5 Å². The number of aliphatic hydroxyl groups is 1. The van der Waals surface area contributed by atoms with Gasteiger partial charge in [-0.1, -0.05) is 29.5 Å². The lowest BCUT2D eigenvalue weighted by Crippen LogP contribution is -2.22. The van der Waals surface area contributed by atoms with Crippen molar-refractivity contribution in [2.75, 3.05) is 6.61 Å². The number of carbonyl (C=O) groups is 1. The maximum Gasteiger partial charge on any atom is 0.251 e. The van der Waals surface area contributed by atoms with Gasteiger partial charge in [0.15, 0.2) is 0 Å². The van der Waals surface area contributed by atoms with E-state index in [1.807, 2.05) is 24.4 Å². The maximum atomic E-state index is 12.0. The molecule has 1 aromatic heterocycles. The molecular formula is C16H14ClNO2S. The molecule has 0 fully saturated rings. The molecule has 21 heavy (non-hydrogen) atoms. The summed E-state index contributed by atoms with van der Waals surface area (Å²) < 4.78 is 0. The van der Waals surface area contributed by atoms with E-state index in [0.717, 1.165) is 16.0 Å². The lowest BCUT2D eigenvalue weighted by molar-refractivity contribution is 0.0951. The minimum absolute atomic E-state index is 0.157. The molecule has 2 rings (SSSR count). The number of carbonyl (C=O) groups excluding carboxylic acids is 1. The molecular weight excluding hydrogens is 306 g/mol. The lowest BCUT2D eigenvalue weighted by atomic mass is 10.1. The quantitative estimate of drug-likeness (QED) is 0.855. The van der Waals surface area contributed by atoms with Crippen LogP contribution in [0.4, 0.5) is 0 Å². The number of hydrogen-bond donors (Lipinski definition) is 2. The van der Waals surface area contributed by atoms with Crippen LogP contribution in [0, 0.1) is 18.8 Å². The number of thiophene rings is 1. The molecule has 0 radical (unpaired) electrons. The van der Waals surface area contributed by atoms with E-state index in [-0.39, 0.29) is 12.5 Å². The van der Waals surface area contributed by atoms with Gasteiger partial charge in [0.1, 0.15) is 6.61 Å². The summed E-state index contributed by atoms with van der Waals surface area (Å²) in [5.74, 6) is 5.26. The summed E-state index contributed by atoms with van der Waals surface area (Å²) in [6.45, 7) is 2.18. The van der Waals surface area contributed by atoms with E-state index in [2.05, 4.69) is 17.2 Å². The molecule has 3 nitrogen and oxygen atoms in total. The Morgan fingerprint density at radius 3 is 2.95 bits per heavy atom. The molecule has 0 saturated carbocycles. The molecule has 1 amide bonds. The van der Waals surface area contributed by atoms with E-state index in [0.29, 0.717) is 17.1 Å². The zero-order valence-corrected chi connectivity index (χ0v) is 13.0. The van der Waals surface area contributed by atoms with E-state index in [1.54, 1.807) is 12.1 Å². The Labute approximate surface area is 132 Å². The topological polar surface area (TPSA) is 49.3 Å². The molecule has 1 aromatic carbocycles. The van der Waals surface area contributed by atoms with Crippen LogP contribution >= 0.6 is 22.9 Å². The number of aryl methyl sites for hydroxylation is 1. The second kappa shape index (κ2) is 7.28. The minimum atomic E-state index is -0.159. The molecule has 0 bridgehead atoms. The summed E-state index contributed by atoms with van der Waals surface area (Å²) in [6, 6.07) is 7.14. The van der Waals surface area contributed by atoms with Crippen molar-refractivity contribution in [3.05, 3.63) is 56.2 Å². The Bertz CT molecular complexity index is 713. The van der Waals surface area contributed by atoms with E-state index < -0.39 is 0 Å². The van der Waals surface area contributed by atoms with Crippen LogP contribution in [-0.4, -0.2) is 17.6 Å². The van der Waals surface area contributed by atoms with Crippen molar-refractivity contribution in [2.24, 2.45) is 0 Å². The van der Waals surface area contributed by atoms with Crippen LogP contribution in [0.5, 0.6) is 0 Å². The predicted molar refractivity (Wildman–Crippen MR) is 85.6 cm³/mol. The molecule has 0 aliphatic carbocycles. The van der Waals surface area contributed by atoms with Gasteiger partial charge in [-0.25, -0.2) is 0 Å². The van der Waals surface area contributed by atoms with Crippen molar-refractivity contribution in [3.63, 3.8) is 0 Å². The molecule has 0 aliphatic heterocycles. The maximum absolute atomic E-state index is 12.0. The average Bonchev–Trinajstić information content (AvgIpc) is 2.93. The smallest absolute Gasteiger partial charge is 0.251 e. The molecule has 108 valence electrons. The summed E-state index contributed by atoms with van der Waals surface area (Å²) in [6.07, 6.45) is 0. The van der Waals surface area contributed by atoms with Crippen molar-refractivity contribution in [3.8, 4) is 11.8 Å². The van der Waals surface area contributed by atoms with Gasteiger partial charge in [-0.15, -0.1) is 11.3 Å². The molecule has 1 heterocycles. The fourth-order valence-electron chi connectivity index (χ4n) is 1.68. The lowest BCUT2D eigenvalue weighted by Gasteiger charge is -2.05. The van der Waals surface area contributed by atoms with Crippen molar-refractivity contribution < 1.29 is 9.90 Å². The zero-order valence-electron chi connectivity index (χ0n) is 11.4. The number of rotatable bonds is 3. The molecule has 2 aromatic rings. The van der Waals surface area contributed by atoms with Gasteiger partial charge in [-0.3, -0.25) is 4.79 Å². The molecule has 2 N–H and O–H groups in total. The summed E-state index contributed by atoms with van der Waals surface area (Å²) in [7, 11) is 0. The third kappa shape index (κ3) is 4.33. The summed E-state index contributed by atoms with van der Waals surface area (Å²) in [4.78, 5) is 13.0. The van der Waals surface area contributed by atoms with Crippen molar-refractivity contribution in [1.82, 2.24) is 5.32 Å². The Morgan fingerprint density at radius 1 is 1.43 bits per heavy atom. The second-order valence-electron chi connectivity index (χ2n) is 4.41. The van der Waals surface area contributed by atoms with Crippen LogP contribution in [0.1, 0.15) is 26.4 Å². The molecule has 0 atom stereocenters. The standard InChI is InChI=1S/C16H14ClNO2S/c1-11-4-5-13(8-15(11)17)16(20)18-9-14-7-12(10-21-14)3-2-6-19/h4-5,7-8,10,19H,6,9H2,1H3,(H,18,20). The van der Waals surface area contributed by atoms with Crippen LogP contribution in [0.2, 0.25) is 5.02 Å². The highest BCUT2D eigenvalue weighted by molar-refractivity contribution is 7.10. The van der Waals surface area contributed by atoms with Gasteiger partial charge in [0.25, 0.3) is 5.91 Å². The first-order valence-corrected chi connectivity index (χ1v) is 7.57. The van der Waals surface area contributed by atoms with E-state index in [1.165, 1.54) is 11.3 Å². The van der Waals surface area contributed by atoms with Crippen LogP contribution in [0.25, 0.3) is 0 Å². The van der Waals surface area contributed by atoms with Crippen LogP contribution in [0.15, 0.2) is 29.6 Å². The van der Waals surface area contributed by atoms with Gasteiger partial charge >= 0.3 is 0 Å². The Hall–Kier alpha value is -1.80. The Morgan fingerprint density at radius 2 is 2.24 bits per heavy atom. The zero-order chi connectivity index (χ0) is 15.2. The SMILES string of the molecule is Cc1ccc(C(=O)NCc2cc(C#CCO)cs2)cc1Cl. The average molecular weight is 320 g/mol. The van der Waals surface area contributed by atoms with Gasteiger partial charge < -0.3 is 10.4 Å². The Kier molecular flexibility index (Phi) is 5.40. The summed E-state index contributed by atoms with van der Waals surface area (Å²) in [5, 5.41) is 14.0. The number of hydrogen-bond acceptors (Lipinski definition) is 3. The molecule has 5 heteroatoms. The highest BCUT2D eigenvalue weighted by Crippen LogP contribution is 2.17. The van der Waals surface area contributed by atoms with Gasteiger partial charge in [-0.2, -0.15) is 0 Å². The van der Waals surface area contributed by atoms with Crippen LogP contribution in [-0.2, 0) is 6.54 Å². The van der Waals surface area contributed by atoms with Gasteiger partial charge in [-0.05, 0) is 30.7 Å². The predicted octanol–water partition coefficient (Wildman–Crippen LogP) is 2.98. The number of amides is 1. The first-order valence-electron chi connectivity index (χ1n) is 6.31. The summed E-state index contributed by atoms with van der Waals surface area (Å²) in [5.41, 5.74) is 2.33. The monoisotopic (exact) mass is 319 g/mol. The van der Waals surface area contributed by atoms with E-state index >= 15 is 0 Å². The highest BCUT2D eigenvalue weighted by atomic mass is 35.5. The van der Waals surface area contributed by atoms with Crippen molar-refractivity contribution in [1.29, 1.82) is 0 Å². The Balaban J connectivity index is 1.97. The van der Waals surface area contributed by atoms with Crippen molar-refractivity contribution >= 4 is 28.8 Å². The normalized spacial score (nSPS) is 9.86. The van der Waals surface area contributed by atoms with Crippen LogP contribution in [0.3, 0.4) is 0 Å². The first kappa shape index (κ1) is 15.6. The molecule has 0 saturated heterocycles. The van der Waals surface area contributed by atoms with Gasteiger partial charge in [0, 0.05) is 26.4 Å². The molecule has 0 unspecified atom stereocenters. The summed E-state index contributed by atoms with van der Waals surface area (Å²) >= 11 is 7.53. The van der Waals surface area contributed by atoms with E-state index in [4.69, 9.17) is 16.7 Å². The number of benzene rings is 1. The first-order chi connectivity index (χ1) is 10.1. The van der Waals surface area contributed by atoms with Gasteiger partial charge in [0.05, 0.1) is 6.54 Å². The highest BCUT2D eigenvalue weighted by Gasteiger charge is 2.07. The largest absolute Gasteiger partial charge is 0.384 e. The third-order valence-corrected chi connectivity index (χ3v) is 4.17. The number of aliphatic hydroxyl groups excluding tert-OH is 1. The second-order valence-corrected chi connectivity index (χ2v) is 5.81. The molecule has 0 aliphatic rings. The minimum Gasteiger partial charge on any atom is -0.384 e. The van der Waals surface area contributed by atoms with Gasteiger partial charge in [0.2, 0.25) is 0 Å². The fraction of sp³-hybridized carbons (Fsp3) is 0.188. The number of halogens is 1. The third-order valence-electron chi connectivity index (χ3n) is 2.82. The fourth-order valence-corrected chi connectivity index (χ4v) is 2.62. The molecule has 0 spiro atoms. The number of nitrogens with one attached hydrogen (secondary N) is 1.